The van der Waals surface area contributed by atoms with Gasteiger partial charge in [0.15, 0.2) is 0 Å². The SMILES string of the molecule is CCN(CC(N)=O)C(=O)c1cccn1CC(=O)O. The smallest absolute Gasteiger partial charge is 0.323 e. The molecule has 7 heteroatoms. The van der Waals surface area contributed by atoms with Crippen LogP contribution in [0, 0.1) is 0 Å². The van der Waals surface area contributed by atoms with Crippen molar-refractivity contribution >= 4 is 17.8 Å². The summed E-state index contributed by atoms with van der Waals surface area (Å²) in [5.74, 6) is -2.07. The molecule has 0 aliphatic rings. The van der Waals surface area contributed by atoms with Crippen molar-refractivity contribution in [2.45, 2.75) is 13.5 Å². The highest BCUT2D eigenvalue weighted by molar-refractivity contribution is 5.95. The average Bonchev–Trinajstić information content (AvgIpc) is 2.71. The molecule has 0 aliphatic heterocycles. The summed E-state index contributed by atoms with van der Waals surface area (Å²) in [7, 11) is 0. The Morgan fingerprint density at radius 1 is 1.44 bits per heavy atom. The lowest BCUT2D eigenvalue weighted by Crippen LogP contribution is -2.39. The number of hydrogen-bond donors (Lipinski definition) is 2. The van der Waals surface area contributed by atoms with Crippen molar-refractivity contribution < 1.29 is 19.5 Å². The second-order valence-electron chi connectivity index (χ2n) is 3.70. The molecule has 0 spiro atoms. The van der Waals surface area contributed by atoms with E-state index in [4.69, 9.17) is 10.8 Å². The Labute approximate surface area is 104 Å². The average molecular weight is 253 g/mol. The van der Waals surface area contributed by atoms with Crippen LogP contribution in [0.4, 0.5) is 0 Å². The Morgan fingerprint density at radius 3 is 2.61 bits per heavy atom. The Balaban J connectivity index is 2.91. The van der Waals surface area contributed by atoms with E-state index in [0.717, 1.165) is 0 Å². The van der Waals surface area contributed by atoms with Gasteiger partial charge in [-0.1, -0.05) is 0 Å². The molecule has 2 amide bonds. The molecule has 1 aromatic heterocycles. The minimum absolute atomic E-state index is 0.187. The van der Waals surface area contributed by atoms with Crippen LogP contribution in [0.5, 0.6) is 0 Å². The minimum atomic E-state index is -1.04. The maximum absolute atomic E-state index is 12.1. The van der Waals surface area contributed by atoms with Crippen molar-refractivity contribution in [1.82, 2.24) is 9.47 Å². The van der Waals surface area contributed by atoms with Crippen molar-refractivity contribution in [3.63, 3.8) is 0 Å². The largest absolute Gasteiger partial charge is 0.480 e. The fourth-order valence-corrected chi connectivity index (χ4v) is 1.57. The number of primary amides is 1. The second-order valence-corrected chi connectivity index (χ2v) is 3.70. The van der Waals surface area contributed by atoms with Crippen molar-refractivity contribution in [2.75, 3.05) is 13.1 Å². The lowest BCUT2D eigenvalue weighted by atomic mass is 10.3. The van der Waals surface area contributed by atoms with Gasteiger partial charge in [-0.05, 0) is 19.1 Å². The van der Waals surface area contributed by atoms with Crippen LogP contribution in [0.2, 0.25) is 0 Å². The first kappa shape index (κ1) is 13.8. The molecule has 0 fully saturated rings. The molecule has 3 N–H and O–H groups in total. The fraction of sp³-hybridized carbons (Fsp3) is 0.364. The van der Waals surface area contributed by atoms with Gasteiger partial charge in [0.1, 0.15) is 12.2 Å². The van der Waals surface area contributed by atoms with E-state index in [1.165, 1.54) is 21.7 Å². The number of likely N-dealkylation sites (N-methyl/N-ethyl adjacent to an activating group) is 1. The number of aliphatic carboxylic acids is 1. The first-order chi connectivity index (χ1) is 8.45. The highest BCUT2D eigenvalue weighted by Gasteiger charge is 2.19. The van der Waals surface area contributed by atoms with E-state index in [1.807, 2.05) is 0 Å². The number of nitrogens with two attached hydrogens (primary N) is 1. The summed E-state index contributed by atoms with van der Waals surface area (Å²) < 4.78 is 1.31. The minimum Gasteiger partial charge on any atom is -0.480 e. The van der Waals surface area contributed by atoms with E-state index in [-0.39, 0.29) is 18.8 Å². The van der Waals surface area contributed by atoms with Gasteiger partial charge in [-0.3, -0.25) is 14.4 Å². The topological polar surface area (TPSA) is 106 Å². The highest BCUT2D eigenvalue weighted by atomic mass is 16.4. The van der Waals surface area contributed by atoms with E-state index in [2.05, 4.69) is 0 Å². The summed E-state index contributed by atoms with van der Waals surface area (Å²) in [4.78, 5) is 34.8. The maximum atomic E-state index is 12.1. The van der Waals surface area contributed by atoms with Gasteiger partial charge in [0.25, 0.3) is 5.91 Å². The van der Waals surface area contributed by atoms with Crippen LogP contribution in [0.3, 0.4) is 0 Å². The first-order valence-electron chi connectivity index (χ1n) is 5.40. The van der Waals surface area contributed by atoms with Gasteiger partial charge in [0.05, 0.1) is 6.54 Å². The van der Waals surface area contributed by atoms with Gasteiger partial charge in [0, 0.05) is 12.7 Å². The zero-order chi connectivity index (χ0) is 13.7. The predicted octanol–water partition coefficient (Wildman–Crippen LogP) is -0.480. The maximum Gasteiger partial charge on any atom is 0.323 e. The molecule has 0 atom stereocenters. The molecular formula is C11H15N3O4. The van der Waals surface area contributed by atoms with E-state index in [1.54, 1.807) is 13.0 Å². The summed E-state index contributed by atoms with van der Waals surface area (Å²) in [5, 5.41) is 8.71. The van der Waals surface area contributed by atoms with Gasteiger partial charge in [-0.15, -0.1) is 0 Å². The number of hydrogen-bond acceptors (Lipinski definition) is 3. The van der Waals surface area contributed by atoms with E-state index in [9.17, 15) is 14.4 Å². The van der Waals surface area contributed by atoms with Gasteiger partial charge in [0.2, 0.25) is 5.91 Å². The lowest BCUT2D eigenvalue weighted by Gasteiger charge is -2.19. The van der Waals surface area contributed by atoms with Gasteiger partial charge in [-0.2, -0.15) is 0 Å². The lowest BCUT2D eigenvalue weighted by molar-refractivity contribution is -0.137. The molecule has 1 aromatic rings. The Kier molecular flexibility index (Phi) is 4.47. The summed E-state index contributed by atoms with van der Waals surface area (Å²) in [6.07, 6.45) is 1.50. The standard InChI is InChI=1S/C11H15N3O4/c1-2-13(6-9(12)15)11(18)8-4-3-5-14(8)7-10(16)17/h3-5H,2,6-7H2,1H3,(H2,12,15)(H,16,17). The summed E-state index contributed by atoms with van der Waals surface area (Å²) in [5.41, 5.74) is 5.27. The third-order valence-corrected chi connectivity index (χ3v) is 2.37. The molecule has 7 nitrogen and oxygen atoms in total. The Morgan fingerprint density at radius 2 is 2.11 bits per heavy atom. The molecule has 0 aromatic carbocycles. The van der Waals surface area contributed by atoms with Crippen LogP contribution < -0.4 is 5.73 Å². The molecule has 1 heterocycles. The first-order valence-corrected chi connectivity index (χ1v) is 5.40. The molecule has 0 bridgehead atoms. The summed E-state index contributed by atoms with van der Waals surface area (Å²) in [6, 6.07) is 3.09. The molecule has 1 rings (SSSR count). The number of carboxylic acid groups (broad SMARTS) is 1. The molecule has 0 saturated heterocycles. The van der Waals surface area contributed by atoms with E-state index < -0.39 is 17.8 Å². The Bertz CT molecular complexity index is 467. The van der Waals surface area contributed by atoms with E-state index >= 15 is 0 Å². The van der Waals surface area contributed by atoms with Gasteiger partial charge in [-0.25, -0.2) is 0 Å². The number of aromatic nitrogens is 1. The van der Waals surface area contributed by atoms with Crippen molar-refractivity contribution in [1.29, 1.82) is 0 Å². The van der Waals surface area contributed by atoms with Crippen LogP contribution >= 0.6 is 0 Å². The quantitative estimate of drug-likeness (QED) is 0.714. The Hall–Kier alpha value is -2.31. The predicted molar refractivity (Wildman–Crippen MR) is 62.8 cm³/mol. The van der Waals surface area contributed by atoms with Crippen molar-refractivity contribution in [3.8, 4) is 0 Å². The zero-order valence-electron chi connectivity index (χ0n) is 10.00. The third-order valence-electron chi connectivity index (χ3n) is 2.37. The van der Waals surface area contributed by atoms with Gasteiger partial charge >= 0.3 is 5.97 Å². The monoisotopic (exact) mass is 253 g/mol. The van der Waals surface area contributed by atoms with E-state index in [0.29, 0.717) is 6.54 Å². The van der Waals surface area contributed by atoms with Crippen LogP contribution in [0.1, 0.15) is 17.4 Å². The molecule has 0 saturated carbocycles. The fourth-order valence-electron chi connectivity index (χ4n) is 1.57. The third kappa shape index (κ3) is 3.34. The number of carbonyl (C=O) groups excluding carboxylic acids is 2. The second kappa shape index (κ2) is 5.85. The normalized spacial score (nSPS) is 10.1. The molecule has 0 aliphatic carbocycles. The molecule has 0 unspecified atom stereocenters. The van der Waals surface area contributed by atoms with Crippen molar-refractivity contribution in [3.05, 3.63) is 24.0 Å². The summed E-state index contributed by atoms with van der Waals surface area (Å²) in [6.45, 7) is 1.54. The number of amides is 2. The number of rotatable bonds is 6. The highest BCUT2D eigenvalue weighted by Crippen LogP contribution is 2.07. The number of nitrogens with zero attached hydrogens (tertiary/aromatic N) is 2. The summed E-state index contributed by atoms with van der Waals surface area (Å²) >= 11 is 0. The molecule has 98 valence electrons. The zero-order valence-corrected chi connectivity index (χ0v) is 10.00. The van der Waals surface area contributed by atoms with Crippen LogP contribution in [-0.2, 0) is 16.1 Å². The number of carbonyl (C=O) groups is 3. The van der Waals surface area contributed by atoms with Gasteiger partial charge < -0.3 is 20.3 Å². The molecular weight excluding hydrogens is 238 g/mol. The van der Waals surface area contributed by atoms with Crippen LogP contribution in [0.25, 0.3) is 0 Å². The molecule has 0 radical (unpaired) electrons. The van der Waals surface area contributed by atoms with Crippen LogP contribution in [-0.4, -0.2) is 45.4 Å². The van der Waals surface area contributed by atoms with Crippen LogP contribution in [0.15, 0.2) is 18.3 Å². The molecule has 18 heavy (non-hydrogen) atoms. The number of carboxylic acids is 1. The van der Waals surface area contributed by atoms with Crippen molar-refractivity contribution in [2.24, 2.45) is 5.73 Å².